The van der Waals surface area contributed by atoms with Crippen molar-refractivity contribution in [3.05, 3.63) is 23.3 Å². The summed E-state index contributed by atoms with van der Waals surface area (Å²) in [6.07, 6.45) is 1.71. The Labute approximate surface area is 119 Å². The van der Waals surface area contributed by atoms with Gasteiger partial charge in [-0.05, 0) is 37.5 Å². The number of carboxylic acids is 1. The maximum Gasteiger partial charge on any atom is 0.337 e. The summed E-state index contributed by atoms with van der Waals surface area (Å²) in [5, 5.41) is 21.9. The van der Waals surface area contributed by atoms with Gasteiger partial charge in [-0.2, -0.15) is 0 Å². The van der Waals surface area contributed by atoms with Gasteiger partial charge in [0.2, 0.25) is 0 Å². The summed E-state index contributed by atoms with van der Waals surface area (Å²) >= 11 is 0. The van der Waals surface area contributed by atoms with Gasteiger partial charge in [-0.1, -0.05) is 13.8 Å². The van der Waals surface area contributed by atoms with Gasteiger partial charge in [-0.25, -0.2) is 4.79 Å². The van der Waals surface area contributed by atoms with Gasteiger partial charge in [0.05, 0.1) is 12.2 Å². The predicted octanol–water partition coefficient (Wildman–Crippen LogP) is 2.49. The molecule has 1 aromatic carbocycles. The van der Waals surface area contributed by atoms with Crippen molar-refractivity contribution in [2.75, 3.05) is 24.2 Å². The Morgan fingerprint density at radius 1 is 1.35 bits per heavy atom. The van der Waals surface area contributed by atoms with Crippen molar-refractivity contribution in [3.63, 3.8) is 0 Å². The second kappa shape index (κ2) is 6.61. The van der Waals surface area contributed by atoms with Crippen LogP contribution in [0, 0.1) is 12.3 Å². The molecular formula is C15H24N2O3. The molecule has 1 aromatic rings. The molecule has 5 N–H and O–H groups in total. The van der Waals surface area contributed by atoms with Crippen LogP contribution in [0.3, 0.4) is 0 Å². The quantitative estimate of drug-likeness (QED) is 0.575. The number of anilines is 2. The third kappa shape index (κ3) is 3.42. The van der Waals surface area contributed by atoms with E-state index in [0.29, 0.717) is 17.9 Å². The van der Waals surface area contributed by atoms with Gasteiger partial charge < -0.3 is 21.3 Å². The van der Waals surface area contributed by atoms with Crippen molar-refractivity contribution in [1.29, 1.82) is 0 Å². The Morgan fingerprint density at radius 3 is 2.40 bits per heavy atom. The first kappa shape index (κ1) is 16.3. The van der Waals surface area contributed by atoms with Crippen LogP contribution in [0.1, 0.15) is 42.6 Å². The molecule has 0 spiro atoms. The number of aromatic carboxylic acids is 1. The van der Waals surface area contributed by atoms with E-state index in [0.717, 1.165) is 18.4 Å². The van der Waals surface area contributed by atoms with Crippen LogP contribution in [0.25, 0.3) is 0 Å². The van der Waals surface area contributed by atoms with Crippen molar-refractivity contribution < 1.29 is 15.0 Å². The van der Waals surface area contributed by atoms with Crippen LogP contribution in [0.5, 0.6) is 0 Å². The standard InChI is InChI=1S/C15H24N2O3/c1-4-15(5-2,9-18)8-17-11-6-10(3)13(16)12(7-11)14(19)20/h6-7,17-18H,4-5,8-9,16H2,1-3H3,(H,19,20). The lowest BCUT2D eigenvalue weighted by molar-refractivity contribution is 0.0698. The maximum atomic E-state index is 11.1. The first-order chi connectivity index (χ1) is 9.39. The number of benzene rings is 1. The highest BCUT2D eigenvalue weighted by Gasteiger charge is 2.25. The van der Waals surface area contributed by atoms with E-state index in [9.17, 15) is 9.90 Å². The third-order valence-electron chi connectivity index (χ3n) is 4.12. The van der Waals surface area contributed by atoms with E-state index in [-0.39, 0.29) is 17.6 Å². The summed E-state index contributed by atoms with van der Waals surface area (Å²) in [5.74, 6) is -1.03. The van der Waals surface area contributed by atoms with Crippen LogP contribution >= 0.6 is 0 Å². The number of hydrogen-bond donors (Lipinski definition) is 4. The smallest absolute Gasteiger partial charge is 0.337 e. The molecule has 0 aliphatic heterocycles. The fourth-order valence-electron chi connectivity index (χ4n) is 2.15. The Hall–Kier alpha value is -1.75. The number of carbonyl (C=O) groups is 1. The molecule has 0 bridgehead atoms. The zero-order valence-electron chi connectivity index (χ0n) is 12.4. The first-order valence-electron chi connectivity index (χ1n) is 6.87. The average Bonchev–Trinajstić information content (AvgIpc) is 2.44. The Morgan fingerprint density at radius 2 is 1.95 bits per heavy atom. The highest BCUT2D eigenvalue weighted by atomic mass is 16.4. The molecule has 112 valence electrons. The number of rotatable bonds is 7. The highest BCUT2D eigenvalue weighted by molar-refractivity contribution is 5.95. The van der Waals surface area contributed by atoms with Gasteiger partial charge in [0.15, 0.2) is 0 Å². The average molecular weight is 280 g/mol. The summed E-state index contributed by atoms with van der Waals surface area (Å²) in [7, 11) is 0. The summed E-state index contributed by atoms with van der Waals surface area (Å²) in [6, 6.07) is 3.37. The second-order valence-electron chi connectivity index (χ2n) is 5.28. The molecule has 1 rings (SSSR count). The van der Waals surface area contributed by atoms with E-state index in [1.807, 2.05) is 19.9 Å². The molecule has 0 saturated carbocycles. The van der Waals surface area contributed by atoms with E-state index >= 15 is 0 Å². The van der Waals surface area contributed by atoms with Crippen molar-refractivity contribution >= 4 is 17.3 Å². The zero-order valence-corrected chi connectivity index (χ0v) is 12.4. The summed E-state index contributed by atoms with van der Waals surface area (Å²) in [6.45, 7) is 6.56. The third-order valence-corrected chi connectivity index (χ3v) is 4.12. The number of aryl methyl sites for hydroxylation is 1. The van der Waals surface area contributed by atoms with Crippen molar-refractivity contribution in [2.24, 2.45) is 5.41 Å². The van der Waals surface area contributed by atoms with E-state index < -0.39 is 5.97 Å². The number of hydrogen-bond acceptors (Lipinski definition) is 4. The number of nitrogens with two attached hydrogens (primary N) is 1. The summed E-state index contributed by atoms with van der Waals surface area (Å²) < 4.78 is 0. The normalized spacial score (nSPS) is 11.4. The molecule has 0 aromatic heterocycles. The fraction of sp³-hybridized carbons (Fsp3) is 0.533. The van der Waals surface area contributed by atoms with Crippen LogP contribution in [0.2, 0.25) is 0 Å². The van der Waals surface area contributed by atoms with Crippen molar-refractivity contribution in [3.8, 4) is 0 Å². The maximum absolute atomic E-state index is 11.1. The van der Waals surface area contributed by atoms with Gasteiger partial charge >= 0.3 is 5.97 Å². The van der Waals surface area contributed by atoms with Gasteiger partial charge in [-0.15, -0.1) is 0 Å². The van der Waals surface area contributed by atoms with Gasteiger partial charge in [0.1, 0.15) is 0 Å². The lowest BCUT2D eigenvalue weighted by Gasteiger charge is -2.30. The Balaban J connectivity index is 2.96. The molecule has 5 heteroatoms. The molecule has 0 saturated heterocycles. The molecular weight excluding hydrogens is 256 g/mol. The van der Waals surface area contributed by atoms with Crippen molar-refractivity contribution in [2.45, 2.75) is 33.6 Å². The topological polar surface area (TPSA) is 95.6 Å². The fourth-order valence-corrected chi connectivity index (χ4v) is 2.15. The van der Waals surface area contributed by atoms with Gasteiger partial charge in [-0.3, -0.25) is 0 Å². The number of aliphatic hydroxyl groups is 1. The van der Waals surface area contributed by atoms with E-state index in [4.69, 9.17) is 10.8 Å². The summed E-state index contributed by atoms with van der Waals surface area (Å²) in [5.41, 5.74) is 7.43. The molecule has 0 amide bonds. The second-order valence-corrected chi connectivity index (χ2v) is 5.28. The lowest BCUT2D eigenvalue weighted by Crippen LogP contribution is -2.32. The zero-order chi connectivity index (χ0) is 15.3. The number of carboxylic acid groups (broad SMARTS) is 1. The lowest BCUT2D eigenvalue weighted by atomic mass is 9.83. The molecule has 0 atom stereocenters. The number of nitrogen functional groups attached to an aromatic ring is 1. The molecule has 0 aliphatic carbocycles. The summed E-state index contributed by atoms with van der Waals surface area (Å²) in [4.78, 5) is 11.1. The molecule has 0 fully saturated rings. The molecule has 20 heavy (non-hydrogen) atoms. The van der Waals surface area contributed by atoms with Gasteiger partial charge in [0.25, 0.3) is 0 Å². The van der Waals surface area contributed by atoms with E-state index in [1.54, 1.807) is 6.92 Å². The minimum Gasteiger partial charge on any atom is -0.478 e. The van der Waals surface area contributed by atoms with Crippen LogP contribution < -0.4 is 11.1 Å². The largest absolute Gasteiger partial charge is 0.478 e. The van der Waals surface area contributed by atoms with Crippen LogP contribution in [0.4, 0.5) is 11.4 Å². The molecule has 0 radical (unpaired) electrons. The van der Waals surface area contributed by atoms with E-state index in [1.165, 1.54) is 6.07 Å². The minimum atomic E-state index is -1.03. The van der Waals surface area contributed by atoms with Crippen LogP contribution in [-0.2, 0) is 0 Å². The van der Waals surface area contributed by atoms with E-state index in [2.05, 4.69) is 5.32 Å². The monoisotopic (exact) mass is 280 g/mol. The predicted molar refractivity (Wildman–Crippen MR) is 81.1 cm³/mol. The Bertz CT molecular complexity index is 474. The molecule has 0 heterocycles. The highest BCUT2D eigenvalue weighted by Crippen LogP contribution is 2.28. The molecule has 5 nitrogen and oxygen atoms in total. The molecule has 0 unspecified atom stereocenters. The van der Waals surface area contributed by atoms with Crippen LogP contribution in [-0.4, -0.2) is 29.3 Å². The molecule has 0 aliphatic rings. The minimum absolute atomic E-state index is 0.104. The Kier molecular flexibility index (Phi) is 5.39. The number of aliphatic hydroxyl groups excluding tert-OH is 1. The van der Waals surface area contributed by atoms with Gasteiger partial charge in [0, 0.05) is 23.3 Å². The number of nitrogens with one attached hydrogen (secondary N) is 1. The SMILES string of the molecule is CCC(CC)(CO)CNc1cc(C)c(N)c(C(=O)O)c1. The van der Waals surface area contributed by atoms with Crippen molar-refractivity contribution in [1.82, 2.24) is 0 Å². The van der Waals surface area contributed by atoms with Crippen LogP contribution in [0.15, 0.2) is 12.1 Å². The first-order valence-corrected chi connectivity index (χ1v) is 6.87.